The molecular formula is C19H31NO5. The van der Waals surface area contributed by atoms with Crippen molar-refractivity contribution in [1.82, 2.24) is 4.90 Å². The Kier molecular flexibility index (Phi) is 6.80. The third kappa shape index (κ3) is 7.28. The molecule has 0 aliphatic carbocycles. The van der Waals surface area contributed by atoms with Crippen molar-refractivity contribution in [2.75, 3.05) is 13.1 Å². The number of nitrogens with zero attached hydrogens (tertiary/aromatic N) is 1. The fraction of sp³-hybridized carbons (Fsp3) is 0.737. The number of carbonyl (C=O) groups excluding carboxylic acids is 3. The molecular weight excluding hydrogens is 322 g/mol. The first-order valence-electron chi connectivity index (χ1n) is 8.72. The van der Waals surface area contributed by atoms with E-state index in [0.29, 0.717) is 18.7 Å². The second kappa shape index (κ2) is 8.02. The summed E-state index contributed by atoms with van der Waals surface area (Å²) in [6.45, 7) is 13.4. The zero-order valence-electron chi connectivity index (χ0n) is 16.5. The molecule has 0 bridgehead atoms. The number of carbonyl (C=O) groups is 3. The summed E-state index contributed by atoms with van der Waals surface area (Å²) in [6, 6.07) is 0. The molecule has 6 nitrogen and oxygen atoms in total. The monoisotopic (exact) mass is 353 g/mol. The van der Waals surface area contributed by atoms with Crippen LogP contribution in [0.1, 0.15) is 61.3 Å². The molecule has 0 radical (unpaired) electrons. The molecule has 0 saturated carbocycles. The summed E-state index contributed by atoms with van der Waals surface area (Å²) in [5.41, 5.74) is -0.795. The van der Waals surface area contributed by atoms with Crippen molar-refractivity contribution in [3.63, 3.8) is 0 Å². The Morgan fingerprint density at radius 2 is 1.52 bits per heavy atom. The normalized spacial score (nSPS) is 17.2. The van der Waals surface area contributed by atoms with Crippen molar-refractivity contribution in [1.29, 1.82) is 0 Å². The molecule has 0 atom stereocenters. The van der Waals surface area contributed by atoms with E-state index in [1.54, 1.807) is 32.6 Å². The number of rotatable bonds is 2. The molecule has 1 amide bonds. The summed E-state index contributed by atoms with van der Waals surface area (Å²) >= 11 is 0. The molecule has 6 heteroatoms. The highest BCUT2D eigenvalue weighted by Gasteiger charge is 2.28. The lowest BCUT2D eigenvalue weighted by molar-refractivity contribution is -0.163. The minimum atomic E-state index is -0.714. The third-order valence-corrected chi connectivity index (χ3v) is 3.80. The van der Waals surface area contributed by atoms with E-state index in [9.17, 15) is 14.4 Å². The summed E-state index contributed by atoms with van der Waals surface area (Å²) in [4.78, 5) is 37.5. The first-order chi connectivity index (χ1) is 11.3. The van der Waals surface area contributed by atoms with Gasteiger partial charge < -0.3 is 14.4 Å². The Balaban J connectivity index is 2.54. The lowest BCUT2D eigenvalue weighted by Gasteiger charge is -2.32. The molecule has 1 fully saturated rings. The predicted molar refractivity (Wildman–Crippen MR) is 94.8 cm³/mol. The minimum Gasteiger partial charge on any atom is -0.444 e. The summed E-state index contributed by atoms with van der Waals surface area (Å²) in [7, 11) is 0. The summed E-state index contributed by atoms with van der Waals surface area (Å²) < 4.78 is 10.3. The molecule has 0 N–H and O–H groups in total. The van der Waals surface area contributed by atoms with E-state index >= 15 is 0 Å². The molecule has 25 heavy (non-hydrogen) atoms. The van der Waals surface area contributed by atoms with Gasteiger partial charge in [-0.3, -0.25) is 4.79 Å². The van der Waals surface area contributed by atoms with E-state index in [4.69, 9.17) is 9.47 Å². The van der Waals surface area contributed by atoms with Gasteiger partial charge in [-0.2, -0.15) is 0 Å². The molecule has 0 aromatic carbocycles. The number of allylic oxidation sites excluding steroid dienone is 1. The van der Waals surface area contributed by atoms with Crippen LogP contribution in [0.2, 0.25) is 0 Å². The maximum Gasteiger partial charge on any atom is 0.410 e. The SMILES string of the molecule is C/C(=C/C1CCN(C(=O)OC(C)(C)C)CC1)C(=O)OC(=O)C(C)(C)C. The molecule has 142 valence electrons. The standard InChI is InChI=1S/C19H31NO5/c1-13(15(21)24-16(22)18(2,3)4)12-14-8-10-20(11-9-14)17(23)25-19(5,6)7/h12,14H,8-11H2,1-7H3/b13-12-. The minimum absolute atomic E-state index is 0.177. The van der Waals surface area contributed by atoms with Crippen molar-refractivity contribution >= 4 is 18.0 Å². The third-order valence-electron chi connectivity index (χ3n) is 3.80. The van der Waals surface area contributed by atoms with E-state index in [-0.39, 0.29) is 12.0 Å². The Morgan fingerprint density at radius 1 is 1.00 bits per heavy atom. The van der Waals surface area contributed by atoms with Gasteiger partial charge in [0.1, 0.15) is 5.60 Å². The quantitative estimate of drug-likeness (QED) is 0.430. The molecule has 1 aliphatic heterocycles. The number of hydrogen-bond donors (Lipinski definition) is 0. The number of esters is 2. The van der Waals surface area contributed by atoms with Gasteiger partial charge in [0.05, 0.1) is 5.41 Å². The first kappa shape index (κ1) is 21.2. The summed E-state index contributed by atoms with van der Waals surface area (Å²) in [5.74, 6) is -0.963. The number of ether oxygens (including phenoxy) is 2. The van der Waals surface area contributed by atoms with Crippen LogP contribution in [0, 0.1) is 11.3 Å². The van der Waals surface area contributed by atoms with Gasteiger partial charge in [-0.25, -0.2) is 9.59 Å². The number of amides is 1. The molecule has 1 saturated heterocycles. The molecule has 0 unspecified atom stereocenters. The van der Waals surface area contributed by atoms with Crippen molar-refractivity contribution in [3.8, 4) is 0 Å². The van der Waals surface area contributed by atoms with Crippen LogP contribution in [0.5, 0.6) is 0 Å². The maximum absolute atomic E-state index is 12.0. The van der Waals surface area contributed by atoms with Gasteiger partial charge in [0.25, 0.3) is 0 Å². The van der Waals surface area contributed by atoms with E-state index < -0.39 is 23.0 Å². The highest BCUT2D eigenvalue weighted by Crippen LogP contribution is 2.23. The fourth-order valence-electron chi connectivity index (χ4n) is 2.31. The highest BCUT2D eigenvalue weighted by atomic mass is 16.6. The average molecular weight is 353 g/mol. The average Bonchev–Trinajstić information content (AvgIpc) is 2.44. The van der Waals surface area contributed by atoms with Crippen LogP contribution >= 0.6 is 0 Å². The molecule has 1 rings (SSSR count). The van der Waals surface area contributed by atoms with Gasteiger partial charge >= 0.3 is 18.0 Å². The maximum atomic E-state index is 12.0. The van der Waals surface area contributed by atoms with E-state index in [0.717, 1.165) is 12.8 Å². The van der Waals surface area contributed by atoms with Crippen LogP contribution in [-0.4, -0.2) is 41.6 Å². The van der Waals surface area contributed by atoms with Crippen LogP contribution in [-0.2, 0) is 19.1 Å². The van der Waals surface area contributed by atoms with Crippen LogP contribution in [0.25, 0.3) is 0 Å². The van der Waals surface area contributed by atoms with Crippen molar-refractivity contribution in [2.45, 2.75) is 66.9 Å². The molecule has 0 spiro atoms. The van der Waals surface area contributed by atoms with Gasteiger partial charge in [-0.15, -0.1) is 0 Å². The molecule has 0 aromatic rings. The smallest absolute Gasteiger partial charge is 0.410 e. The second-order valence-electron chi connectivity index (χ2n) is 8.58. The van der Waals surface area contributed by atoms with Gasteiger partial charge in [0.2, 0.25) is 0 Å². The second-order valence-corrected chi connectivity index (χ2v) is 8.58. The van der Waals surface area contributed by atoms with Crippen molar-refractivity contribution in [3.05, 3.63) is 11.6 Å². The topological polar surface area (TPSA) is 72.9 Å². The molecule has 1 heterocycles. The predicted octanol–water partition coefficient (Wildman–Crippen LogP) is 3.70. The Labute approximate surface area is 150 Å². The number of piperidine rings is 1. The first-order valence-corrected chi connectivity index (χ1v) is 8.72. The Bertz CT molecular complexity index is 543. The van der Waals surface area contributed by atoms with Gasteiger partial charge in [0, 0.05) is 18.7 Å². The van der Waals surface area contributed by atoms with E-state index in [1.807, 2.05) is 26.8 Å². The number of likely N-dealkylation sites (tertiary alicyclic amines) is 1. The van der Waals surface area contributed by atoms with Crippen LogP contribution < -0.4 is 0 Å². The highest BCUT2D eigenvalue weighted by molar-refractivity contribution is 5.97. The lowest BCUT2D eigenvalue weighted by Crippen LogP contribution is -2.41. The summed E-state index contributed by atoms with van der Waals surface area (Å²) in [6.07, 6.45) is 3.03. The van der Waals surface area contributed by atoms with Crippen LogP contribution in [0.15, 0.2) is 11.6 Å². The van der Waals surface area contributed by atoms with E-state index in [2.05, 4.69) is 0 Å². The van der Waals surface area contributed by atoms with Gasteiger partial charge in [-0.1, -0.05) is 6.08 Å². The summed E-state index contributed by atoms with van der Waals surface area (Å²) in [5, 5.41) is 0. The van der Waals surface area contributed by atoms with Crippen LogP contribution in [0.4, 0.5) is 4.79 Å². The molecule has 0 aromatic heterocycles. The molecule has 1 aliphatic rings. The Hall–Kier alpha value is -1.85. The number of hydrogen-bond acceptors (Lipinski definition) is 5. The Morgan fingerprint density at radius 3 is 1.96 bits per heavy atom. The lowest BCUT2D eigenvalue weighted by atomic mass is 9.94. The van der Waals surface area contributed by atoms with Crippen LogP contribution in [0.3, 0.4) is 0 Å². The fourth-order valence-corrected chi connectivity index (χ4v) is 2.31. The van der Waals surface area contributed by atoms with Gasteiger partial charge in [-0.05, 0) is 67.2 Å². The van der Waals surface area contributed by atoms with E-state index in [1.165, 1.54) is 0 Å². The van der Waals surface area contributed by atoms with Crippen molar-refractivity contribution < 1.29 is 23.9 Å². The van der Waals surface area contributed by atoms with Crippen molar-refractivity contribution in [2.24, 2.45) is 11.3 Å². The zero-order valence-corrected chi connectivity index (χ0v) is 16.5. The van der Waals surface area contributed by atoms with Gasteiger partial charge in [0.15, 0.2) is 0 Å². The zero-order chi connectivity index (χ0) is 19.4. The largest absolute Gasteiger partial charge is 0.444 e.